The van der Waals surface area contributed by atoms with Gasteiger partial charge < -0.3 is 24.5 Å². The maximum absolute atomic E-state index is 14.0. The second kappa shape index (κ2) is 14.8. The molecule has 2 fully saturated rings. The summed E-state index contributed by atoms with van der Waals surface area (Å²) in [6.07, 6.45) is 2.47. The van der Waals surface area contributed by atoms with Crippen molar-refractivity contribution in [1.82, 2.24) is 9.80 Å². The van der Waals surface area contributed by atoms with Crippen LogP contribution in [0.5, 0.6) is 0 Å². The average molecular weight is 604 g/mol. The van der Waals surface area contributed by atoms with Gasteiger partial charge in [0, 0.05) is 44.0 Å². The predicted octanol–water partition coefficient (Wildman–Crippen LogP) is 5.64. The zero-order valence-corrected chi connectivity index (χ0v) is 26.6. The Kier molecular flexibility index (Phi) is 11.2. The molecule has 2 saturated heterocycles. The number of piperazine rings is 1. The van der Waals surface area contributed by atoms with Gasteiger partial charge in [-0.3, -0.25) is 4.79 Å². The molecule has 0 spiro atoms. The molecule has 0 aliphatic carbocycles. The fourth-order valence-electron chi connectivity index (χ4n) is 6.60. The van der Waals surface area contributed by atoms with Gasteiger partial charge in [-0.15, -0.1) is 0 Å². The van der Waals surface area contributed by atoms with E-state index < -0.39 is 0 Å². The highest BCUT2D eigenvalue weighted by molar-refractivity contribution is 7.59. The van der Waals surface area contributed by atoms with Gasteiger partial charge in [-0.1, -0.05) is 54.6 Å². The maximum atomic E-state index is 14.0. The van der Waals surface area contributed by atoms with E-state index >= 15 is 0 Å². The number of anilines is 1. The number of hydrogen-bond acceptors (Lipinski definition) is 5. The van der Waals surface area contributed by atoms with Gasteiger partial charge in [0.25, 0.3) is 5.91 Å². The largest absolute Gasteiger partial charge is 0.445 e. The summed E-state index contributed by atoms with van der Waals surface area (Å²) in [6, 6.07) is 21.9. The van der Waals surface area contributed by atoms with E-state index in [0.717, 1.165) is 47.2 Å². The van der Waals surface area contributed by atoms with E-state index in [9.17, 15) is 14.7 Å². The Labute approximate surface area is 262 Å². The van der Waals surface area contributed by atoms with Crippen LogP contribution in [-0.2, 0) is 17.8 Å². The van der Waals surface area contributed by atoms with Crippen molar-refractivity contribution in [2.24, 2.45) is 5.92 Å². The second-order valence-corrected chi connectivity index (χ2v) is 11.8. The molecule has 0 bridgehead atoms. The number of carbonyl (C=O) groups is 2. The summed E-state index contributed by atoms with van der Waals surface area (Å²) in [5.41, 5.74) is 7.38. The number of amides is 2. The number of nitrogens with zero attached hydrogens (tertiary/aromatic N) is 3. The first kappa shape index (κ1) is 32.4. The summed E-state index contributed by atoms with van der Waals surface area (Å²) in [5, 5.41) is 10.2. The predicted molar refractivity (Wildman–Crippen MR) is 176 cm³/mol. The van der Waals surface area contributed by atoms with Gasteiger partial charge in [-0.05, 0) is 85.9 Å². The van der Waals surface area contributed by atoms with Gasteiger partial charge in [0.05, 0.1) is 12.6 Å². The highest BCUT2D eigenvalue weighted by atomic mass is 32.1. The molecule has 3 aromatic carbocycles. The number of aliphatic hydroxyl groups is 1. The van der Waals surface area contributed by atoms with E-state index in [0.29, 0.717) is 45.2 Å². The summed E-state index contributed by atoms with van der Waals surface area (Å²) >= 11 is 0. The minimum atomic E-state index is -0.249. The fraction of sp³-hybridized carbons (Fsp3) is 0.429. The van der Waals surface area contributed by atoms with E-state index in [1.165, 1.54) is 11.1 Å². The van der Waals surface area contributed by atoms with Crippen molar-refractivity contribution >= 4 is 31.2 Å². The second-order valence-electron chi connectivity index (χ2n) is 11.8. The van der Waals surface area contributed by atoms with Crippen LogP contribution >= 0.6 is 13.5 Å². The molecule has 1 atom stereocenters. The number of carbonyl (C=O) groups excluding carboxylic acids is 2. The number of benzene rings is 3. The highest BCUT2D eigenvalue weighted by Gasteiger charge is 2.32. The third kappa shape index (κ3) is 7.54. The zero-order valence-electron chi connectivity index (χ0n) is 25.6. The Balaban J connectivity index is 0.00000423. The lowest BCUT2D eigenvalue weighted by molar-refractivity contribution is 0.0697. The van der Waals surface area contributed by atoms with Crippen LogP contribution < -0.4 is 4.90 Å². The SMILES string of the molecule is Cc1cc(C)c(C(=O)N2CCN(c3ccccc3)[C@H](CO)C2)c(C)c1CC1CCN(C(=O)OCc2ccccc2)CC1.S. The molecule has 2 aliphatic heterocycles. The Hall–Kier alpha value is -3.49. The number of aliphatic hydroxyl groups excluding tert-OH is 1. The van der Waals surface area contributed by atoms with Gasteiger partial charge >= 0.3 is 6.09 Å². The van der Waals surface area contributed by atoms with Crippen molar-refractivity contribution in [2.45, 2.75) is 52.7 Å². The van der Waals surface area contributed by atoms with Gasteiger partial charge in [0.2, 0.25) is 0 Å². The number of likely N-dealkylation sites (tertiary alicyclic amines) is 1. The molecule has 5 rings (SSSR count). The van der Waals surface area contributed by atoms with Crippen LogP contribution in [0.3, 0.4) is 0 Å². The molecular weight excluding hydrogens is 558 g/mol. The topological polar surface area (TPSA) is 73.3 Å². The summed E-state index contributed by atoms with van der Waals surface area (Å²) in [5.74, 6) is 0.493. The smallest absolute Gasteiger partial charge is 0.410 e. The minimum Gasteiger partial charge on any atom is -0.445 e. The molecule has 2 amide bonds. The van der Waals surface area contributed by atoms with Crippen LogP contribution in [-0.4, -0.2) is 72.3 Å². The Morgan fingerprint density at radius 3 is 2.16 bits per heavy atom. The van der Waals surface area contributed by atoms with Crippen LogP contribution in [0.15, 0.2) is 66.7 Å². The van der Waals surface area contributed by atoms with Gasteiger partial charge in [-0.2, -0.15) is 13.5 Å². The fourth-order valence-corrected chi connectivity index (χ4v) is 6.60. The molecule has 0 radical (unpaired) electrons. The Morgan fingerprint density at radius 2 is 1.51 bits per heavy atom. The lowest BCUT2D eigenvalue weighted by Gasteiger charge is -2.42. The standard InChI is InChI=1S/C35H43N3O4.H2S/c1-25-20-26(2)33(34(40)37-18-19-38(31(22-37)23-39)30-12-8-5-9-13-30)27(3)32(25)21-28-14-16-36(17-15-28)35(41)42-24-29-10-6-4-7-11-29;/h4-13,20,28,31,39H,14-19,21-24H2,1-3H3;1H2/t31-;/m0./s1. The van der Waals surface area contributed by atoms with Crippen molar-refractivity contribution < 1.29 is 19.4 Å². The summed E-state index contributed by atoms with van der Waals surface area (Å²) in [4.78, 5) is 32.5. The molecule has 8 heteroatoms. The lowest BCUT2D eigenvalue weighted by atomic mass is 9.84. The number of hydrogen-bond donors (Lipinski definition) is 1. The molecule has 7 nitrogen and oxygen atoms in total. The normalized spacial score (nSPS) is 17.4. The first-order valence-electron chi connectivity index (χ1n) is 15.1. The average Bonchev–Trinajstić information content (AvgIpc) is 3.02. The molecule has 0 aromatic heterocycles. The van der Waals surface area contributed by atoms with Crippen LogP contribution in [0.25, 0.3) is 0 Å². The first-order valence-corrected chi connectivity index (χ1v) is 15.1. The van der Waals surface area contributed by atoms with E-state index in [1.54, 1.807) is 0 Å². The summed E-state index contributed by atoms with van der Waals surface area (Å²) in [6.45, 7) is 9.70. The van der Waals surface area contributed by atoms with Crippen molar-refractivity contribution in [2.75, 3.05) is 44.2 Å². The lowest BCUT2D eigenvalue weighted by Crippen LogP contribution is -2.56. The van der Waals surface area contributed by atoms with Crippen molar-refractivity contribution in [3.8, 4) is 0 Å². The molecule has 2 aliphatic rings. The number of aryl methyl sites for hydroxylation is 2. The molecule has 2 heterocycles. The van der Waals surface area contributed by atoms with Crippen LogP contribution in [0.1, 0.15) is 51.0 Å². The molecule has 43 heavy (non-hydrogen) atoms. The molecule has 3 aromatic rings. The quantitative estimate of drug-likeness (QED) is 0.379. The van der Waals surface area contributed by atoms with Gasteiger partial charge in [0.1, 0.15) is 6.61 Å². The molecule has 230 valence electrons. The van der Waals surface area contributed by atoms with Crippen molar-refractivity contribution in [1.29, 1.82) is 0 Å². The minimum absolute atomic E-state index is 0. The summed E-state index contributed by atoms with van der Waals surface area (Å²) < 4.78 is 5.55. The van der Waals surface area contributed by atoms with Crippen LogP contribution in [0.2, 0.25) is 0 Å². The van der Waals surface area contributed by atoms with Crippen molar-refractivity contribution in [3.05, 3.63) is 100 Å². The third-order valence-corrected chi connectivity index (χ3v) is 8.98. The maximum Gasteiger partial charge on any atom is 0.410 e. The number of ether oxygens (including phenoxy) is 1. The number of para-hydroxylation sites is 1. The first-order chi connectivity index (χ1) is 20.4. The van der Waals surface area contributed by atoms with E-state index in [4.69, 9.17) is 4.74 Å². The Bertz CT molecular complexity index is 1380. The molecule has 1 N–H and O–H groups in total. The van der Waals surface area contributed by atoms with Crippen LogP contribution in [0.4, 0.5) is 10.5 Å². The third-order valence-electron chi connectivity index (χ3n) is 8.98. The zero-order chi connectivity index (χ0) is 29.6. The molecule has 0 saturated carbocycles. The highest BCUT2D eigenvalue weighted by Crippen LogP contribution is 2.30. The van der Waals surface area contributed by atoms with Gasteiger partial charge in [-0.25, -0.2) is 4.79 Å². The number of piperidine rings is 1. The van der Waals surface area contributed by atoms with E-state index in [-0.39, 0.29) is 38.1 Å². The van der Waals surface area contributed by atoms with E-state index in [1.807, 2.05) is 65.3 Å². The number of rotatable bonds is 7. The molecular formula is C35H45N3O4S. The summed E-state index contributed by atoms with van der Waals surface area (Å²) in [7, 11) is 0. The Morgan fingerprint density at radius 1 is 0.860 bits per heavy atom. The molecule has 0 unspecified atom stereocenters. The van der Waals surface area contributed by atoms with E-state index in [2.05, 4.69) is 36.9 Å². The van der Waals surface area contributed by atoms with Gasteiger partial charge in [0.15, 0.2) is 0 Å². The monoisotopic (exact) mass is 603 g/mol. The van der Waals surface area contributed by atoms with Crippen LogP contribution in [0, 0.1) is 26.7 Å². The van der Waals surface area contributed by atoms with Crippen molar-refractivity contribution in [3.63, 3.8) is 0 Å².